The number of amides is 1. The van der Waals surface area contributed by atoms with Crippen molar-refractivity contribution in [3.63, 3.8) is 0 Å². The number of carbonyl (C=O) groups is 1. The van der Waals surface area contributed by atoms with Gasteiger partial charge in [-0.3, -0.25) is 4.79 Å². The molecule has 1 fully saturated rings. The fraction of sp³-hybridized carbons (Fsp3) is 0.533. The third-order valence-corrected chi connectivity index (χ3v) is 4.94. The Labute approximate surface area is 118 Å². The zero-order valence-corrected chi connectivity index (χ0v) is 12.2. The molecule has 1 amide bonds. The summed E-state index contributed by atoms with van der Waals surface area (Å²) in [5.41, 5.74) is 1.02. The lowest BCUT2D eigenvalue weighted by atomic mass is 9.75. The van der Waals surface area contributed by atoms with Crippen LogP contribution >= 0.6 is 11.3 Å². The Kier molecular flexibility index (Phi) is 4.28. The van der Waals surface area contributed by atoms with E-state index in [9.17, 15) is 4.79 Å². The first-order valence-corrected chi connectivity index (χ1v) is 7.44. The molecule has 0 aromatic carbocycles. The van der Waals surface area contributed by atoms with E-state index in [2.05, 4.69) is 24.1 Å². The van der Waals surface area contributed by atoms with Crippen LogP contribution in [0.2, 0.25) is 0 Å². The molecule has 1 aliphatic rings. The molecule has 1 saturated carbocycles. The van der Waals surface area contributed by atoms with Gasteiger partial charge in [-0.2, -0.15) is 0 Å². The van der Waals surface area contributed by atoms with Crippen LogP contribution in [-0.2, 0) is 0 Å². The van der Waals surface area contributed by atoms with Crippen LogP contribution < -0.4 is 5.32 Å². The van der Waals surface area contributed by atoms with Crippen LogP contribution in [0.5, 0.6) is 0 Å². The first kappa shape index (κ1) is 14.1. The van der Waals surface area contributed by atoms with E-state index in [4.69, 9.17) is 5.11 Å². The van der Waals surface area contributed by atoms with Crippen molar-refractivity contribution in [3.05, 3.63) is 21.4 Å². The number of thiophene rings is 1. The molecule has 1 heterocycles. The summed E-state index contributed by atoms with van der Waals surface area (Å²) < 4.78 is 0. The third-order valence-electron chi connectivity index (χ3n) is 3.79. The summed E-state index contributed by atoms with van der Waals surface area (Å²) in [6.07, 6.45) is 4.35. The van der Waals surface area contributed by atoms with Crippen molar-refractivity contribution in [2.24, 2.45) is 0 Å². The topological polar surface area (TPSA) is 49.3 Å². The van der Waals surface area contributed by atoms with E-state index in [1.165, 1.54) is 17.8 Å². The normalized spacial score (nSPS) is 16.2. The minimum absolute atomic E-state index is 0.00620. The van der Waals surface area contributed by atoms with E-state index in [0.29, 0.717) is 4.88 Å². The number of aliphatic hydroxyl groups is 1. The van der Waals surface area contributed by atoms with Crippen LogP contribution in [0.3, 0.4) is 0 Å². The first-order valence-electron chi connectivity index (χ1n) is 6.63. The maximum absolute atomic E-state index is 12.3. The molecule has 0 spiro atoms. The summed E-state index contributed by atoms with van der Waals surface area (Å²) >= 11 is 1.40. The highest BCUT2D eigenvalue weighted by molar-refractivity contribution is 7.14. The Hall–Kier alpha value is -1.31. The van der Waals surface area contributed by atoms with Crippen LogP contribution in [0.1, 0.15) is 52.7 Å². The molecule has 0 bridgehead atoms. The molecule has 102 valence electrons. The van der Waals surface area contributed by atoms with E-state index in [0.717, 1.165) is 29.7 Å². The van der Waals surface area contributed by atoms with Crippen LogP contribution in [0.4, 0.5) is 0 Å². The second kappa shape index (κ2) is 5.77. The minimum atomic E-state index is -0.155. The Morgan fingerprint density at radius 1 is 1.58 bits per heavy atom. The molecule has 2 N–H and O–H groups in total. The van der Waals surface area contributed by atoms with Crippen LogP contribution in [0.25, 0.3) is 0 Å². The van der Waals surface area contributed by atoms with Gasteiger partial charge in [0.25, 0.3) is 5.91 Å². The Bertz CT molecular complexity index is 527. The standard InChI is InChI=1S/C15H19NO2S/c1-3-15(7-5-8-15)16-14(18)13-10-11(2)12(19-13)6-4-9-17/h10,17H,3,5,7-9H2,1-2H3,(H,16,18). The maximum Gasteiger partial charge on any atom is 0.261 e. The van der Waals surface area contributed by atoms with E-state index < -0.39 is 0 Å². The summed E-state index contributed by atoms with van der Waals surface area (Å²) in [5.74, 6) is 5.51. The number of hydrogen-bond donors (Lipinski definition) is 2. The minimum Gasteiger partial charge on any atom is -0.384 e. The van der Waals surface area contributed by atoms with Gasteiger partial charge in [0, 0.05) is 5.54 Å². The molecule has 1 aromatic heterocycles. The van der Waals surface area contributed by atoms with Gasteiger partial charge in [0.05, 0.1) is 9.75 Å². The van der Waals surface area contributed by atoms with Gasteiger partial charge in [0.1, 0.15) is 6.61 Å². The van der Waals surface area contributed by atoms with Gasteiger partial charge in [-0.1, -0.05) is 18.8 Å². The number of aryl methyl sites for hydroxylation is 1. The van der Waals surface area contributed by atoms with E-state index in [1.807, 2.05) is 13.0 Å². The average molecular weight is 277 g/mol. The van der Waals surface area contributed by atoms with Gasteiger partial charge >= 0.3 is 0 Å². The molecule has 2 rings (SSSR count). The van der Waals surface area contributed by atoms with Crippen LogP contribution in [-0.4, -0.2) is 23.2 Å². The van der Waals surface area contributed by atoms with Gasteiger partial charge < -0.3 is 10.4 Å². The van der Waals surface area contributed by atoms with Crippen LogP contribution in [0, 0.1) is 18.8 Å². The molecule has 0 aliphatic heterocycles. The first-order chi connectivity index (χ1) is 9.10. The summed E-state index contributed by atoms with van der Waals surface area (Å²) in [5, 5.41) is 11.9. The zero-order valence-electron chi connectivity index (χ0n) is 11.4. The molecule has 0 atom stereocenters. The molecule has 1 aliphatic carbocycles. The lowest BCUT2D eigenvalue weighted by Crippen LogP contribution is -2.52. The summed E-state index contributed by atoms with van der Waals surface area (Å²) in [6, 6.07) is 1.88. The third kappa shape index (κ3) is 2.99. The number of hydrogen-bond acceptors (Lipinski definition) is 3. The van der Waals surface area contributed by atoms with Gasteiger partial charge in [-0.05, 0) is 44.2 Å². The number of rotatable bonds is 3. The molecular weight excluding hydrogens is 258 g/mol. The van der Waals surface area contributed by atoms with Gasteiger partial charge in [0.2, 0.25) is 0 Å². The molecule has 19 heavy (non-hydrogen) atoms. The fourth-order valence-electron chi connectivity index (χ4n) is 2.31. The molecule has 3 nitrogen and oxygen atoms in total. The molecule has 0 saturated heterocycles. The maximum atomic E-state index is 12.3. The SMILES string of the molecule is CCC1(NC(=O)c2cc(C)c(C#CCO)s2)CCC1. The lowest BCUT2D eigenvalue weighted by Gasteiger charge is -2.41. The van der Waals surface area contributed by atoms with Gasteiger partial charge in [0.15, 0.2) is 0 Å². The highest BCUT2D eigenvalue weighted by Crippen LogP contribution is 2.35. The predicted molar refractivity (Wildman–Crippen MR) is 77.4 cm³/mol. The van der Waals surface area contributed by atoms with Gasteiger partial charge in [-0.15, -0.1) is 11.3 Å². The number of aliphatic hydroxyl groups excluding tert-OH is 1. The van der Waals surface area contributed by atoms with Crippen molar-refractivity contribution in [1.82, 2.24) is 5.32 Å². The number of nitrogens with one attached hydrogen (secondary N) is 1. The summed E-state index contributed by atoms with van der Waals surface area (Å²) in [4.78, 5) is 13.8. The van der Waals surface area contributed by atoms with Crippen molar-refractivity contribution < 1.29 is 9.90 Å². The van der Waals surface area contributed by atoms with E-state index >= 15 is 0 Å². The summed E-state index contributed by atoms with van der Waals surface area (Å²) in [6.45, 7) is 3.91. The quantitative estimate of drug-likeness (QED) is 0.834. The van der Waals surface area contributed by atoms with Crippen molar-refractivity contribution in [1.29, 1.82) is 0 Å². The van der Waals surface area contributed by atoms with Crippen molar-refractivity contribution in [2.75, 3.05) is 6.61 Å². The second-order valence-electron chi connectivity index (χ2n) is 5.02. The van der Waals surface area contributed by atoms with Crippen molar-refractivity contribution in [2.45, 2.75) is 45.1 Å². The lowest BCUT2D eigenvalue weighted by molar-refractivity contribution is 0.0824. The second-order valence-corrected chi connectivity index (χ2v) is 6.08. The van der Waals surface area contributed by atoms with Gasteiger partial charge in [-0.25, -0.2) is 0 Å². The Balaban J connectivity index is 2.11. The molecule has 4 heteroatoms. The molecule has 0 radical (unpaired) electrons. The molecule has 0 unspecified atom stereocenters. The monoisotopic (exact) mass is 277 g/mol. The average Bonchev–Trinajstić information content (AvgIpc) is 2.72. The predicted octanol–water partition coefficient (Wildman–Crippen LogP) is 2.46. The largest absolute Gasteiger partial charge is 0.384 e. The van der Waals surface area contributed by atoms with Crippen LogP contribution in [0.15, 0.2) is 6.07 Å². The Morgan fingerprint density at radius 2 is 2.32 bits per heavy atom. The highest BCUT2D eigenvalue weighted by atomic mass is 32.1. The number of carbonyl (C=O) groups excluding carboxylic acids is 1. The fourth-order valence-corrected chi connectivity index (χ4v) is 3.25. The molecule has 1 aromatic rings. The van der Waals surface area contributed by atoms with Crippen molar-refractivity contribution in [3.8, 4) is 11.8 Å². The zero-order chi connectivity index (χ0) is 13.9. The highest BCUT2D eigenvalue weighted by Gasteiger charge is 2.36. The summed E-state index contributed by atoms with van der Waals surface area (Å²) in [7, 11) is 0. The molecular formula is C15H19NO2S. The Morgan fingerprint density at radius 3 is 2.84 bits per heavy atom. The van der Waals surface area contributed by atoms with E-state index in [-0.39, 0.29) is 18.1 Å². The van der Waals surface area contributed by atoms with E-state index in [1.54, 1.807) is 0 Å². The smallest absolute Gasteiger partial charge is 0.261 e. The van der Waals surface area contributed by atoms with Crippen molar-refractivity contribution >= 4 is 17.2 Å².